The number of rotatable bonds is 6. The second-order valence-electron chi connectivity index (χ2n) is 5.83. The molecule has 0 unspecified atom stereocenters. The topological polar surface area (TPSA) is 47.4 Å². The monoisotopic (exact) mass is 425 g/mol. The molecule has 29 heavy (non-hydrogen) atoms. The van der Waals surface area contributed by atoms with Gasteiger partial charge in [-0.3, -0.25) is 14.2 Å². The van der Waals surface area contributed by atoms with Crippen LogP contribution < -0.4 is 0 Å². The summed E-state index contributed by atoms with van der Waals surface area (Å²) in [7, 11) is 2.70. The number of nitrogens with zero attached hydrogens (tertiary/aromatic N) is 3. The molecule has 0 radical (unpaired) electrons. The number of halogens is 4. The average Bonchev–Trinajstić information content (AvgIpc) is 3.14. The van der Waals surface area contributed by atoms with Crippen LogP contribution in [-0.2, 0) is 10.6 Å². The molecular weight excluding hydrogens is 410 g/mol. The summed E-state index contributed by atoms with van der Waals surface area (Å²) < 4.78 is 56.0. The van der Waals surface area contributed by atoms with Gasteiger partial charge in [-0.05, 0) is 36.4 Å². The molecule has 2 aromatic carbocycles. The maximum atomic E-state index is 13.9. The van der Waals surface area contributed by atoms with Gasteiger partial charge in [0, 0.05) is 24.1 Å². The number of hydrogen-bond acceptors (Lipinski definition) is 4. The molecule has 0 aliphatic carbocycles. The van der Waals surface area contributed by atoms with Gasteiger partial charge in [-0.2, -0.15) is 0 Å². The number of hydrogen-bond donors (Lipinski definition) is 0. The zero-order chi connectivity index (χ0) is 21.1. The van der Waals surface area contributed by atoms with Gasteiger partial charge in [0.05, 0.1) is 13.3 Å². The largest absolute Gasteiger partial charge is 0.295 e. The molecule has 0 spiro atoms. The molecule has 1 amide bonds. The van der Waals surface area contributed by atoms with Crippen molar-refractivity contribution in [2.24, 2.45) is 0 Å². The smallest absolute Gasteiger partial charge is 0.283 e. The number of hydroxylamine groups is 2. The van der Waals surface area contributed by atoms with Crippen molar-refractivity contribution in [1.82, 2.24) is 14.6 Å². The Morgan fingerprint density at radius 2 is 1.76 bits per heavy atom. The summed E-state index contributed by atoms with van der Waals surface area (Å²) in [6.45, 7) is 0. The van der Waals surface area contributed by atoms with Crippen LogP contribution in [0.5, 0.6) is 0 Å². The summed E-state index contributed by atoms with van der Waals surface area (Å²) in [4.78, 5) is 21.6. The van der Waals surface area contributed by atoms with Crippen molar-refractivity contribution < 1.29 is 27.2 Å². The van der Waals surface area contributed by atoms with E-state index in [4.69, 9.17) is 4.84 Å². The number of benzene rings is 2. The Hall–Kier alpha value is -2.85. The quantitative estimate of drug-likeness (QED) is 0.255. The molecule has 0 saturated carbocycles. The van der Waals surface area contributed by atoms with E-state index in [9.17, 15) is 22.4 Å². The van der Waals surface area contributed by atoms with Crippen LogP contribution in [0.1, 0.15) is 16.1 Å². The highest BCUT2D eigenvalue weighted by Crippen LogP contribution is 2.29. The minimum absolute atomic E-state index is 0.0867. The van der Waals surface area contributed by atoms with Gasteiger partial charge < -0.3 is 0 Å². The second-order valence-corrected chi connectivity index (χ2v) is 6.78. The number of amides is 1. The van der Waals surface area contributed by atoms with Crippen LogP contribution in [0, 0.1) is 23.3 Å². The third-order valence-corrected chi connectivity index (χ3v) is 5.06. The van der Waals surface area contributed by atoms with E-state index >= 15 is 0 Å². The van der Waals surface area contributed by atoms with Crippen LogP contribution in [0.25, 0.3) is 5.69 Å². The van der Waals surface area contributed by atoms with Crippen molar-refractivity contribution in [2.75, 3.05) is 14.2 Å². The Bertz CT molecular complexity index is 1040. The molecule has 3 rings (SSSR count). The fraction of sp³-hybridized carbons (Fsp3) is 0.158. The summed E-state index contributed by atoms with van der Waals surface area (Å²) in [6.07, 6.45) is 1.27. The summed E-state index contributed by atoms with van der Waals surface area (Å²) in [6, 6.07) is 6.79. The van der Waals surface area contributed by atoms with Gasteiger partial charge in [0.1, 0.15) is 17.3 Å². The average molecular weight is 425 g/mol. The Balaban J connectivity index is 2.01. The van der Waals surface area contributed by atoms with E-state index in [1.807, 2.05) is 0 Å². The van der Waals surface area contributed by atoms with Gasteiger partial charge in [-0.25, -0.2) is 27.6 Å². The molecule has 152 valence electrons. The summed E-state index contributed by atoms with van der Waals surface area (Å²) >= 11 is 0.894. The van der Waals surface area contributed by atoms with Crippen molar-refractivity contribution in [2.45, 2.75) is 10.9 Å². The molecule has 0 aliphatic rings. The van der Waals surface area contributed by atoms with Crippen molar-refractivity contribution in [1.29, 1.82) is 0 Å². The van der Waals surface area contributed by atoms with Crippen LogP contribution in [-0.4, -0.2) is 34.7 Å². The van der Waals surface area contributed by atoms with E-state index in [1.54, 1.807) is 0 Å². The highest BCUT2D eigenvalue weighted by molar-refractivity contribution is 7.98. The summed E-state index contributed by atoms with van der Waals surface area (Å²) in [5, 5.41) is 1.17. The fourth-order valence-electron chi connectivity index (χ4n) is 2.51. The van der Waals surface area contributed by atoms with Gasteiger partial charge in [0.25, 0.3) is 5.91 Å². The Kier molecular flexibility index (Phi) is 6.23. The summed E-state index contributed by atoms with van der Waals surface area (Å²) in [5.74, 6) is -4.64. The first-order valence-electron chi connectivity index (χ1n) is 8.24. The Morgan fingerprint density at radius 3 is 2.41 bits per heavy atom. The molecular formula is C19H15F4N3O2S. The van der Waals surface area contributed by atoms with Crippen LogP contribution in [0.2, 0.25) is 0 Å². The SMILES string of the molecule is CON(C)C(=O)c1cnc(SCc2c(F)ccc(F)c2F)n1-c1ccc(F)cc1. The van der Waals surface area contributed by atoms with E-state index < -0.39 is 34.7 Å². The maximum Gasteiger partial charge on any atom is 0.295 e. The lowest BCUT2D eigenvalue weighted by atomic mass is 10.2. The lowest BCUT2D eigenvalue weighted by Crippen LogP contribution is -2.27. The number of imidazole rings is 1. The van der Waals surface area contributed by atoms with Crippen molar-refractivity contribution in [3.8, 4) is 5.69 Å². The lowest BCUT2D eigenvalue weighted by molar-refractivity contribution is -0.0762. The highest BCUT2D eigenvalue weighted by atomic mass is 32.2. The molecule has 1 aromatic heterocycles. The first-order valence-corrected chi connectivity index (χ1v) is 9.23. The lowest BCUT2D eigenvalue weighted by Gasteiger charge is -2.16. The minimum Gasteiger partial charge on any atom is -0.283 e. The molecule has 0 atom stereocenters. The minimum atomic E-state index is -1.28. The molecule has 3 aromatic rings. The Labute approximate surface area is 167 Å². The van der Waals surface area contributed by atoms with E-state index in [2.05, 4.69) is 4.98 Å². The first-order chi connectivity index (χ1) is 13.8. The first kappa shape index (κ1) is 20.9. The van der Waals surface area contributed by atoms with Gasteiger partial charge >= 0.3 is 0 Å². The molecule has 0 N–H and O–H groups in total. The predicted octanol–water partition coefficient (Wildman–Crippen LogP) is 4.35. The number of aromatic nitrogens is 2. The highest BCUT2D eigenvalue weighted by Gasteiger charge is 2.23. The van der Waals surface area contributed by atoms with E-state index in [-0.39, 0.29) is 16.6 Å². The second kappa shape index (κ2) is 8.66. The third-order valence-electron chi connectivity index (χ3n) is 4.08. The van der Waals surface area contributed by atoms with Crippen LogP contribution >= 0.6 is 11.8 Å². The molecule has 0 aliphatic heterocycles. The predicted molar refractivity (Wildman–Crippen MR) is 98.5 cm³/mol. The normalized spacial score (nSPS) is 11.0. The van der Waals surface area contributed by atoms with Crippen LogP contribution in [0.4, 0.5) is 17.6 Å². The number of thioether (sulfide) groups is 1. The van der Waals surface area contributed by atoms with Gasteiger partial charge in [0.2, 0.25) is 0 Å². The third kappa shape index (κ3) is 4.28. The fourth-order valence-corrected chi connectivity index (χ4v) is 3.51. The summed E-state index contributed by atoms with van der Waals surface area (Å²) in [5.41, 5.74) is 0.0358. The van der Waals surface area contributed by atoms with Crippen LogP contribution in [0.15, 0.2) is 47.8 Å². The molecule has 0 saturated heterocycles. The van der Waals surface area contributed by atoms with Crippen molar-refractivity contribution in [3.63, 3.8) is 0 Å². The molecule has 10 heteroatoms. The van der Waals surface area contributed by atoms with Gasteiger partial charge in [-0.1, -0.05) is 11.8 Å². The molecule has 1 heterocycles. The van der Waals surface area contributed by atoms with Gasteiger partial charge in [-0.15, -0.1) is 0 Å². The van der Waals surface area contributed by atoms with E-state index in [0.29, 0.717) is 11.8 Å². The van der Waals surface area contributed by atoms with Crippen molar-refractivity contribution in [3.05, 3.63) is 77.1 Å². The van der Waals surface area contributed by atoms with Gasteiger partial charge in [0.15, 0.2) is 16.8 Å². The van der Waals surface area contributed by atoms with Crippen LogP contribution in [0.3, 0.4) is 0 Å². The molecule has 0 fully saturated rings. The van der Waals surface area contributed by atoms with Crippen molar-refractivity contribution >= 4 is 17.7 Å². The number of carbonyl (C=O) groups excluding carboxylic acids is 1. The number of carbonyl (C=O) groups is 1. The standard InChI is InChI=1S/C19H15F4N3O2S/c1-25(28-2)18(27)16-9-24-19(26(16)12-5-3-11(20)4-6-12)29-10-13-14(21)7-8-15(22)17(13)23/h3-9H,10H2,1-2H3. The molecule has 0 bridgehead atoms. The van der Waals surface area contributed by atoms with E-state index in [1.165, 1.54) is 49.2 Å². The molecule has 5 nitrogen and oxygen atoms in total. The zero-order valence-electron chi connectivity index (χ0n) is 15.3. The Morgan fingerprint density at radius 1 is 1.10 bits per heavy atom. The van der Waals surface area contributed by atoms with E-state index in [0.717, 1.165) is 22.9 Å². The zero-order valence-corrected chi connectivity index (χ0v) is 16.1. The maximum absolute atomic E-state index is 13.9.